The molecule has 1 aliphatic rings. The molecule has 0 aromatic heterocycles. The molecule has 0 spiro atoms. The van der Waals surface area contributed by atoms with Crippen LogP contribution in [0.3, 0.4) is 0 Å². The van der Waals surface area contributed by atoms with Crippen LogP contribution in [0.4, 0.5) is 10.5 Å². The summed E-state index contributed by atoms with van der Waals surface area (Å²) in [6.45, 7) is 5.41. The average Bonchev–Trinajstić information content (AvgIpc) is 2.88. The highest BCUT2D eigenvalue weighted by atomic mass is 32.2. The molecule has 1 atom stereocenters. The van der Waals surface area contributed by atoms with E-state index in [1.54, 1.807) is 12.1 Å². The van der Waals surface area contributed by atoms with Crippen LogP contribution in [0.5, 0.6) is 5.75 Å². The van der Waals surface area contributed by atoms with Gasteiger partial charge in [0.05, 0.1) is 10.7 Å². The van der Waals surface area contributed by atoms with Crippen LogP contribution in [0.2, 0.25) is 0 Å². The molecule has 2 N–H and O–H groups in total. The topological polar surface area (TPSA) is 132 Å². The lowest BCUT2D eigenvalue weighted by Crippen LogP contribution is -2.48. The van der Waals surface area contributed by atoms with E-state index >= 15 is 0 Å². The summed E-state index contributed by atoms with van der Waals surface area (Å²) in [4.78, 5) is 19.0. The minimum atomic E-state index is -4.04. The molecule has 2 aromatic rings. The van der Waals surface area contributed by atoms with Gasteiger partial charge in [-0.1, -0.05) is 0 Å². The predicted octanol–water partition coefficient (Wildman–Crippen LogP) is 0.134. The van der Waals surface area contributed by atoms with E-state index in [4.69, 9.17) is 4.18 Å². The maximum atomic E-state index is 12.5. The van der Waals surface area contributed by atoms with Crippen LogP contribution >= 0.6 is 0 Å². The van der Waals surface area contributed by atoms with Crippen molar-refractivity contribution in [1.29, 1.82) is 0 Å². The smallest absolute Gasteiger partial charge is 0.339 e. The first-order chi connectivity index (χ1) is 13.1. The Morgan fingerprint density at radius 2 is 1.75 bits per heavy atom. The maximum Gasteiger partial charge on any atom is 0.339 e. The molecular formula is C18H19N4O5S-. The summed E-state index contributed by atoms with van der Waals surface area (Å²) in [5, 5.41) is 16.7. The number of carboxylic acid groups (broad SMARTS) is 1. The number of rotatable bonds is 6. The molecule has 1 amide bonds. The van der Waals surface area contributed by atoms with Gasteiger partial charge in [0.25, 0.3) is 0 Å². The van der Waals surface area contributed by atoms with Crippen molar-refractivity contribution in [2.24, 2.45) is 9.98 Å². The molecule has 28 heavy (non-hydrogen) atoms. The molecule has 0 radical (unpaired) electrons. The standard InChI is InChI=1S/C18H20N4O5S/c1-11(2)19-12-4-7-14(8-5-12)28(25,26)27-13-6-9-15-16(10-13)21-18(3,20-15)22-17(23)24/h4-11,19,22H,1-3H3,(H,23,24)/p-1. The summed E-state index contributed by atoms with van der Waals surface area (Å²) < 4.78 is 30.2. The Labute approximate surface area is 161 Å². The van der Waals surface area contributed by atoms with Crippen molar-refractivity contribution < 1.29 is 22.5 Å². The lowest BCUT2D eigenvalue weighted by molar-refractivity contribution is -0.252. The number of anilines is 1. The summed E-state index contributed by atoms with van der Waals surface area (Å²) >= 11 is 0. The van der Waals surface area contributed by atoms with Gasteiger partial charge >= 0.3 is 10.1 Å². The van der Waals surface area contributed by atoms with Gasteiger partial charge in [-0.2, -0.15) is 8.42 Å². The highest BCUT2D eigenvalue weighted by Gasteiger charge is 2.25. The van der Waals surface area contributed by atoms with E-state index in [9.17, 15) is 18.3 Å². The van der Waals surface area contributed by atoms with Crippen molar-refractivity contribution in [2.75, 3.05) is 5.32 Å². The highest BCUT2D eigenvalue weighted by molar-refractivity contribution is 7.87. The Bertz CT molecular complexity index is 1130. The van der Waals surface area contributed by atoms with Crippen LogP contribution in [0.1, 0.15) is 20.8 Å². The number of nitrogens with one attached hydrogen (secondary N) is 2. The molecule has 10 heteroatoms. The van der Waals surface area contributed by atoms with Crippen molar-refractivity contribution in [3.63, 3.8) is 0 Å². The summed E-state index contributed by atoms with van der Waals surface area (Å²) in [5.41, 5.74) is 0.798. The van der Waals surface area contributed by atoms with Gasteiger partial charge in [-0.05, 0) is 50.2 Å². The summed E-state index contributed by atoms with van der Waals surface area (Å²) in [5.74, 6) is -1.38. The minimum Gasteiger partial charge on any atom is -0.530 e. The van der Waals surface area contributed by atoms with Crippen molar-refractivity contribution in [2.45, 2.75) is 37.5 Å². The van der Waals surface area contributed by atoms with E-state index in [2.05, 4.69) is 20.6 Å². The lowest BCUT2D eigenvalue weighted by atomic mass is 10.3. The number of fused-ring (bicyclic) bond motifs is 1. The number of carbonyl (C=O) groups is 1. The maximum absolute atomic E-state index is 12.5. The molecule has 0 bridgehead atoms. The van der Waals surface area contributed by atoms with Crippen LogP contribution in [-0.4, -0.2) is 26.3 Å². The van der Waals surface area contributed by atoms with Gasteiger partial charge in [0.1, 0.15) is 16.7 Å². The van der Waals surface area contributed by atoms with E-state index in [0.29, 0.717) is 10.7 Å². The van der Waals surface area contributed by atoms with Gasteiger partial charge in [0, 0.05) is 24.7 Å². The summed E-state index contributed by atoms with van der Waals surface area (Å²) in [6, 6.07) is 10.7. The molecule has 1 aliphatic heterocycles. The quantitative estimate of drug-likeness (QED) is 0.659. The van der Waals surface area contributed by atoms with Crippen LogP contribution in [0.15, 0.2) is 57.3 Å². The van der Waals surface area contributed by atoms with E-state index in [1.807, 2.05) is 13.8 Å². The van der Waals surface area contributed by atoms with Crippen LogP contribution < -0.4 is 30.6 Å². The van der Waals surface area contributed by atoms with Gasteiger partial charge in [0.15, 0.2) is 0 Å². The Hall–Kier alpha value is -3.14. The third-order valence-electron chi connectivity index (χ3n) is 3.77. The second-order valence-electron chi connectivity index (χ2n) is 6.67. The third-order valence-corrected chi connectivity index (χ3v) is 5.03. The molecular weight excluding hydrogens is 384 g/mol. The number of carbonyl (C=O) groups excluding carboxylic acids is 1. The fourth-order valence-electron chi connectivity index (χ4n) is 2.71. The number of hydrogen-bond acceptors (Lipinski definition) is 8. The largest absolute Gasteiger partial charge is 0.530 e. The molecule has 148 valence electrons. The molecule has 3 rings (SSSR count). The monoisotopic (exact) mass is 403 g/mol. The Morgan fingerprint density at radius 3 is 2.36 bits per heavy atom. The molecule has 9 nitrogen and oxygen atoms in total. The van der Waals surface area contributed by atoms with Crippen LogP contribution in [0.25, 0.3) is 0 Å². The second kappa shape index (κ2) is 7.12. The number of amides is 1. The van der Waals surface area contributed by atoms with Gasteiger partial charge < -0.3 is 24.7 Å². The van der Waals surface area contributed by atoms with E-state index in [-0.39, 0.29) is 16.7 Å². The average molecular weight is 403 g/mol. The van der Waals surface area contributed by atoms with Gasteiger partial charge in [0.2, 0.25) is 5.79 Å². The van der Waals surface area contributed by atoms with E-state index < -0.39 is 22.0 Å². The third kappa shape index (κ3) is 4.39. The predicted molar refractivity (Wildman–Crippen MR) is 98.7 cm³/mol. The highest BCUT2D eigenvalue weighted by Crippen LogP contribution is 2.20. The Morgan fingerprint density at radius 1 is 1.11 bits per heavy atom. The minimum absolute atomic E-state index is 0.00684. The van der Waals surface area contributed by atoms with Gasteiger partial charge in [-0.3, -0.25) is 0 Å². The summed E-state index contributed by atoms with van der Waals surface area (Å²) in [6.07, 6.45) is -1.52. The van der Waals surface area contributed by atoms with Crippen LogP contribution in [-0.2, 0) is 10.1 Å². The summed E-state index contributed by atoms with van der Waals surface area (Å²) in [7, 11) is -4.04. The second-order valence-corrected chi connectivity index (χ2v) is 8.21. The number of hydrogen-bond donors (Lipinski definition) is 2. The van der Waals surface area contributed by atoms with E-state index in [1.165, 1.54) is 37.3 Å². The number of nitrogens with zero attached hydrogens (tertiary/aromatic N) is 2. The van der Waals surface area contributed by atoms with Gasteiger partial charge in [-0.25, -0.2) is 9.98 Å². The van der Waals surface area contributed by atoms with Crippen molar-refractivity contribution in [3.8, 4) is 5.75 Å². The van der Waals surface area contributed by atoms with Crippen molar-refractivity contribution in [3.05, 3.63) is 53.2 Å². The zero-order chi connectivity index (χ0) is 20.5. The van der Waals surface area contributed by atoms with E-state index in [0.717, 1.165) is 5.69 Å². The molecule has 0 aliphatic carbocycles. The molecule has 0 saturated heterocycles. The normalized spacial score (nSPS) is 18.0. The Balaban J connectivity index is 1.84. The van der Waals surface area contributed by atoms with Gasteiger partial charge in [-0.15, -0.1) is 0 Å². The SMILES string of the molecule is CC(C)Nc1ccc(S(=O)(=O)Oc2ccc3c(c2)=NC(C)(NC(=O)[O-])N=3)cc1. The zero-order valence-corrected chi connectivity index (χ0v) is 16.3. The molecule has 0 fully saturated rings. The van der Waals surface area contributed by atoms with Crippen molar-refractivity contribution >= 4 is 21.9 Å². The molecule has 1 unspecified atom stereocenters. The molecule has 0 saturated carbocycles. The first-order valence-corrected chi connectivity index (χ1v) is 9.87. The first-order valence-electron chi connectivity index (χ1n) is 8.46. The zero-order valence-electron chi connectivity index (χ0n) is 15.5. The fourth-order valence-corrected chi connectivity index (χ4v) is 3.63. The lowest BCUT2D eigenvalue weighted by Gasteiger charge is -2.20. The Kier molecular flexibility index (Phi) is 4.99. The van der Waals surface area contributed by atoms with Crippen LogP contribution in [0, 0.1) is 0 Å². The number of benzene rings is 2. The molecule has 2 aromatic carbocycles. The molecule has 1 heterocycles. The van der Waals surface area contributed by atoms with Crippen molar-refractivity contribution in [1.82, 2.24) is 5.32 Å². The first kappa shape index (κ1) is 19.6. The fraction of sp³-hybridized carbons (Fsp3) is 0.278.